The van der Waals surface area contributed by atoms with E-state index in [1.165, 1.54) is 21.0 Å². The number of benzene rings is 1. The van der Waals surface area contributed by atoms with Gasteiger partial charge in [-0.25, -0.2) is 9.59 Å². The second-order valence-corrected chi connectivity index (χ2v) is 11.3. The molecule has 1 fully saturated rings. The van der Waals surface area contributed by atoms with Crippen LogP contribution in [-0.2, 0) is 45.2 Å². The van der Waals surface area contributed by atoms with E-state index >= 15 is 0 Å². The highest BCUT2D eigenvalue weighted by molar-refractivity contribution is 5.88. The van der Waals surface area contributed by atoms with Crippen LogP contribution in [0.4, 0.5) is 0 Å². The lowest BCUT2D eigenvalue weighted by Crippen LogP contribution is -2.74. The van der Waals surface area contributed by atoms with Crippen molar-refractivity contribution in [3.05, 3.63) is 35.1 Å². The lowest BCUT2D eigenvalue weighted by atomic mass is 9.50. The summed E-state index contributed by atoms with van der Waals surface area (Å²) in [7, 11) is 3.51. The molecule has 0 unspecified atom stereocenters. The van der Waals surface area contributed by atoms with Gasteiger partial charge in [-0.2, -0.15) is 0 Å². The average molecular weight is 574 g/mol. The van der Waals surface area contributed by atoms with Crippen molar-refractivity contribution in [1.82, 2.24) is 4.90 Å². The lowest BCUT2D eigenvalue weighted by Gasteiger charge is -2.61. The summed E-state index contributed by atoms with van der Waals surface area (Å²) in [6, 6.07) is 3.62. The molecule has 2 bridgehead atoms. The van der Waals surface area contributed by atoms with Gasteiger partial charge in [0.05, 0.1) is 24.5 Å². The van der Waals surface area contributed by atoms with E-state index in [1.54, 1.807) is 6.08 Å². The summed E-state index contributed by atoms with van der Waals surface area (Å²) in [6.45, 7) is 4.39. The molecule has 0 aromatic heterocycles. The van der Waals surface area contributed by atoms with Gasteiger partial charge in [-0.05, 0) is 64.9 Å². The first-order valence-electron chi connectivity index (χ1n) is 13.6. The van der Waals surface area contributed by atoms with E-state index < -0.39 is 65.5 Å². The average Bonchev–Trinajstić information content (AvgIpc) is 3.27. The number of Topliss-reactive ketones (excluding diaryl/α,β-unsaturated/α-hetero) is 1. The van der Waals surface area contributed by atoms with Gasteiger partial charge >= 0.3 is 17.9 Å². The quantitative estimate of drug-likeness (QED) is 0.315. The monoisotopic (exact) mass is 573 g/mol. The van der Waals surface area contributed by atoms with Gasteiger partial charge in [0.15, 0.2) is 29.5 Å². The van der Waals surface area contributed by atoms with Gasteiger partial charge < -0.3 is 38.8 Å². The van der Waals surface area contributed by atoms with Gasteiger partial charge in [-0.1, -0.05) is 6.07 Å². The second kappa shape index (κ2) is 10.4. The number of methoxy groups -OCH3 is 1. The summed E-state index contributed by atoms with van der Waals surface area (Å²) < 4.78 is 27.9. The maximum Gasteiger partial charge on any atom is 0.348 e. The smallest absolute Gasteiger partial charge is 0.348 e. The van der Waals surface area contributed by atoms with Gasteiger partial charge in [0.1, 0.15) is 11.9 Å². The van der Waals surface area contributed by atoms with Crippen molar-refractivity contribution >= 4 is 23.7 Å². The second-order valence-electron chi connectivity index (χ2n) is 11.3. The van der Waals surface area contributed by atoms with Gasteiger partial charge in [0.2, 0.25) is 6.10 Å². The Hall–Kier alpha value is -3.48. The van der Waals surface area contributed by atoms with Crippen LogP contribution in [0.15, 0.2) is 24.0 Å². The summed E-state index contributed by atoms with van der Waals surface area (Å²) in [5.41, 5.74) is -0.210. The van der Waals surface area contributed by atoms with Crippen molar-refractivity contribution in [3.8, 4) is 11.5 Å². The fourth-order valence-electron chi connectivity index (χ4n) is 6.66. The van der Waals surface area contributed by atoms with Crippen LogP contribution in [0.5, 0.6) is 11.5 Å². The third-order valence-electron chi connectivity index (χ3n) is 8.87. The highest BCUT2D eigenvalue weighted by Crippen LogP contribution is 2.65. The standard InChI is InChI=1S/C29H35NO11/c1-14(31)16(3)38-27(35)20(40-26(34)15(2)32)13-22(33)39-19-8-9-29(36)21-12-17-6-7-18(37-5)24-23(17)28(29,25(19)41-24)10-11-30(21)4/h6-8,15-16,20-21,25,32,36H,9-13H2,1-5H3/t15-,16-,20-,21+,25-,28-,29+/m0/s1. The van der Waals surface area contributed by atoms with Gasteiger partial charge in [-0.3, -0.25) is 9.59 Å². The zero-order chi connectivity index (χ0) is 29.9. The summed E-state index contributed by atoms with van der Waals surface area (Å²) >= 11 is 0. The number of hydrogen-bond acceptors (Lipinski definition) is 12. The number of likely N-dealkylation sites (N-methyl/N-ethyl adjacent to an activating group) is 1. The minimum absolute atomic E-state index is 0.167. The highest BCUT2D eigenvalue weighted by atomic mass is 16.6. The van der Waals surface area contributed by atoms with Crippen LogP contribution in [0.2, 0.25) is 0 Å². The van der Waals surface area contributed by atoms with Crippen LogP contribution in [0.3, 0.4) is 0 Å². The van der Waals surface area contributed by atoms with Crippen molar-refractivity contribution in [3.63, 3.8) is 0 Å². The van der Waals surface area contributed by atoms with E-state index in [2.05, 4.69) is 4.90 Å². The van der Waals surface area contributed by atoms with Crippen LogP contribution < -0.4 is 9.47 Å². The Morgan fingerprint density at radius 3 is 2.56 bits per heavy atom. The zero-order valence-electron chi connectivity index (χ0n) is 23.7. The number of nitrogens with zero attached hydrogens (tertiary/aromatic N) is 1. The third-order valence-corrected chi connectivity index (χ3v) is 8.87. The van der Waals surface area contributed by atoms with E-state index in [4.69, 9.17) is 23.7 Å². The molecular formula is C29H35NO11. The minimum atomic E-state index is -1.76. The lowest BCUT2D eigenvalue weighted by molar-refractivity contribution is -0.180. The van der Waals surface area contributed by atoms with Gasteiger partial charge in [0, 0.05) is 18.0 Å². The third kappa shape index (κ3) is 4.48. The zero-order valence-corrected chi connectivity index (χ0v) is 23.7. The van der Waals surface area contributed by atoms with Crippen LogP contribution in [0, 0.1) is 0 Å². The molecule has 1 saturated heterocycles. The van der Waals surface area contributed by atoms with E-state index in [9.17, 15) is 29.4 Å². The maximum absolute atomic E-state index is 13.2. The van der Waals surface area contributed by atoms with Crippen molar-refractivity contribution < 1.29 is 53.1 Å². The molecule has 4 aliphatic rings. The van der Waals surface area contributed by atoms with Crippen LogP contribution >= 0.6 is 0 Å². The molecule has 1 aromatic carbocycles. The number of carbonyl (C=O) groups is 4. The number of ether oxygens (including phenoxy) is 5. The molecule has 2 heterocycles. The number of piperidine rings is 1. The van der Waals surface area contributed by atoms with E-state index in [-0.39, 0.29) is 18.2 Å². The molecule has 2 N–H and O–H groups in total. The van der Waals surface area contributed by atoms with Crippen molar-refractivity contribution in [2.45, 2.75) is 87.9 Å². The number of rotatable bonds is 9. The molecule has 0 amide bonds. The molecule has 2 aliphatic heterocycles. The van der Waals surface area contributed by atoms with Crippen LogP contribution in [0.25, 0.3) is 0 Å². The number of aliphatic hydroxyl groups is 2. The summed E-state index contributed by atoms with van der Waals surface area (Å²) in [6.07, 6.45) is -3.08. The molecule has 5 rings (SSSR count). The van der Waals surface area contributed by atoms with Gasteiger partial charge in [0.25, 0.3) is 0 Å². The Labute approximate surface area is 237 Å². The largest absolute Gasteiger partial charge is 0.493 e. The molecule has 12 nitrogen and oxygen atoms in total. The normalized spacial score (nSPS) is 29.6. The molecule has 7 atom stereocenters. The minimum Gasteiger partial charge on any atom is -0.493 e. The van der Waals surface area contributed by atoms with E-state index in [1.807, 2.05) is 19.2 Å². The van der Waals surface area contributed by atoms with Crippen molar-refractivity contribution in [1.29, 1.82) is 0 Å². The molecule has 0 radical (unpaired) electrons. The summed E-state index contributed by atoms with van der Waals surface area (Å²) in [5, 5.41) is 21.8. The summed E-state index contributed by atoms with van der Waals surface area (Å²) in [5.74, 6) is -2.48. The van der Waals surface area contributed by atoms with E-state index in [0.29, 0.717) is 30.9 Å². The molecule has 41 heavy (non-hydrogen) atoms. The van der Waals surface area contributed by atoms with Crippen molar-refractivity contribution in [2.24, 2.45) is 0 Å². The molecule has 1 spiro atoms. The SMILES string of the molecule is COc1ccc2c3c1O[C@H]1C(OC(=O)C[C@H](OC(=O)[C@H](C)O)C(=O)O[C@@H](C)C(C)=O)=CC[C@@]4(O)[C@@H](C2)N(C)CC[C@]314. The number of likely N-dealkylation sites (tertiary alicyclic amines) is 1. The molecule has 222 valence electrons. The molecular weight excluding hydrogens is 538 g/mol. The van der Waals surface area contributed by atoms with Crippen LogP contribution in [0.1, 0.15) is 51.2 Å². The van der Waals surface area contributed by atoms with Gasteiger partial charge in [-0.15, -0.1) is 0 Å². The number of aliphatic hydroxyl groups excluding tert-OH is 1. The molecule has 12 heteroatoms. The Balaban J connectivity index is 1.44. The van der Waals surface area contributed by atoms with E-state index in [0.717, 1.165) is 18.1 Å². The van der Waals surface area contributed by atoms with Crippen LogP contribution in [-0.4, -0.2) is 95.6 Å². The molecule has 0 saturated carbocycles. The molecule has 2 aliphatic carbocycles. The first kappa shape index (κ1) is 29.0. The Bertz CT molecular complexity index is 1320. The predicted octanol–water partition coefficient (Wildman–Crippen LogP) is 0.720. The first-order chi connectivity index (χ1) is 19.3. The Morgan fingerprint density at radius 1 is 1.17 bits per heavy atom. The Kier molecular flexibility index (Phi) is 7.37. The highest BCUT2D eigenvalue weighted by Gasteiger charge is 2.72. The fraction of sp³-hybridized carbons (Fsp3) is 0.586. The summed E-state index contributed by atoms with van der Waals surface area (Å²) in [4.78, 5) is 51.7. The number of esters is 3. The fourth-order valence-corrected chi connectivity index (χ4v) is 6.66. The maximum atomic E-state index is 13.2. The number of hydrogen-bond donors (Lipinski definition) is 2. The number of carbonyl (C=O) groups excluding carboxylic acids is 4. The van der Waals surface area contributed by atoms with Crippen molar-refractivity contribution in [2.75, 3.05) is 20.7 Å². The molecule has 1 aromatic rings. The number of ketones is 1. The first-order valence-corrected chi connectivity index (χ1v) is 13.6. The Morgan fingerprint density at radius 2 is 1.90 bits per heavy atom. The predicted molar refractivity (Wildman–Crippen MR) is 140 cm³/mol. The topological polar surface area (TPSA) is 158 Å².